The molecule has 1 aliphatic rings. The third-order valence-electron chi connectivity index (χ3n) is 2.42. The number of nitrogens with one attached hydrogen (secondary N) is 1. The molecule has 3 N–H and O–H groups in total. The van der Waals surface area contributed by atoms with Gasteiger partial charge in [0, 0.05) is 19.3 Å². The first-order chi connectivity index (χ1) is 7.38. The van der Waals surface area contributed by atoms with Crippen LogP contribution in [0.15, 0.2) is 12.3 Å². The van der Waals surface area contributed by atoms with Crippen molar-refractivity contribution in [3.05, 3.63) is 18.1 Å². The van der Waals surface area contributed by atoms with E-state index in [1.807, 2.05) is 6.07 Å². The molecule has 0 radical (unpaired) electrons. The molecular formula is C10H16N4O. The van der Waals surface area contributed by atoms with E-state index in [2.05, 4.69) is 15.3 Å². The fraction of sp³-hybridized carbons (Fsp3) is 0.600. The zero-order valence-electron chi connectivity index (χ0n) is 8.65. The van der Waals surface area contributed by atoms with E-state index >= 15 is 0 Å². The molecule has 15 heavy (non-hydrogen) atoms. The van der Waals surface area contributed by atoms with E-state index in [4.69, 9.17) is 10.5 Å². The SMILES string of the molecule is NCc1nccc(NCC2CCCO2)n1. The number of hydrogen-bond acceptors (Lipinski definition) is 5. The number of nitrogens with zero attached hydrogens (tertiary/aromatic N) is 2. The van der Waals surface area contributed by atoms with Crippen LogP contribution in [0, 0.1) is 0 Å². The van der Waals surface area contributed by atoms with Gasteiger partial charge in [0.1, 0.15) is 11.6 Å². The van der Waals surface area contributed by atoms with Crippen molar-refractivity contribution in [1.29, 1.82) is 0 Å². The molecule has 1 saturated heterocycles. The lowest BCUT2D eigenvalue weighted by atomic mass is 10.2. The lowest BCUT2D eigenvalue weighted by molar-refractivity contribution is 0.120. The Hall–Kier alpha value is -1.20. The molecule has 5 nitrogen and oxygen atoms in total. The molecule has 1 aromatic heterocycles. The summed E-state index contributed by atoms with van der Waals surface area (Å²) in [6, 6.07) is 1.84. The van der Waals surface area contributed by atoms with Gasteiger partial charge in [-0.2, -0.15) is 0 Å². The second kappa shape index (κ2) is 5.04. The maximum absolute atomic E-state index is 5.50. The number of rotatable bonds is 4. The minimum absolute atomic E-state index is 0.321. The Morgan fingerprint density at radius 1 is 1.60 bits per heavy atom. The summed E-state index contributed by atoms with van der Waals surface area (Å²) < 4.78 is 5.50. The van der Waals surface area contributed by atoms with Gasteiger partial charge in [0.2, 0.25) is 0 Å². The van der Waals surface area contributed by atoms with Crippen molar-refractivity contribution in [1.82, 2.24) is 9.97 Å². The van der Waals surface area contributed by atoms with Crippen molar-refractivity contribution in [2.24, 2.45) is 5.73 Å². The van der Waals surface area contributed by atoms with Crippen molar-refractivity contribution in [3.8, 4) is 0 Å². The van der Waals surface area contributed by atoms with Crippen LogP contribution in [0.25, 0.3) is 0 Å². The Morgan fingerprint density at radius 2 is 2.53 bits per heavy atom. The molecule has 0 spiro atoms. The van der Waals surface area contributed by atoms with Crippen molar-refractivity contribution < 1.29 is 4.74 Å². The maximum atomic E-state index is 5.50. The number of ether oxygens (including phenoxy) is 1. The molecule has 2 rings (SSSR count). The summed E-state index contributed by atoms with van der Waals surface area (Å²) in [5.41, 5.74) is 5.46. The molecule has 1 unspecified atom stereocenters. The molecule has 0 amide bonds. The van der Waals surface area contributed by atoms with Gasteiger partial charge in [0.25, 0.3) is 0 Å². The molecule has 0 aromatic carbocycles. The van der Waals surface area contributed by atoms with Crippen LogP contribution in [0.3, 0.4) is 0 Å². The average Bonchev–Trinajstić information content (AvgIpc) is 2.79. The van der Waals surface area contributed by atoms with Gasteiger partial charge < -0.3 is 15.8 Å². The van der Waals surface area contributed by atoms with Crippen molar-refractivity contribution in [2.75, 3.05) is 18.5 Å². The van der Waals surface area contributed by atoms with E-state index in [1.54, 1.807) is 6.20 Å². The summed E-state index contributed by atoms with van der Waals surface area (Å²) >= 11 is 0. The molecule has 1 atom stereocenters. The van der Waals surface area contributed by atoms with Crippen LogP contribution in [0.4, 0.5) is 5.82 Å². The van der Waals surface area contributed by atoms with Gasteiger partial charge in [-0.3, -0.25) is 0 Å². The number of nitrogens with two attached hydrogens (primary N) is 1. The second-order valence-corrected chi connectivity index (χ2v) is 3.58. The normalized spacial score (nSPS) is 20.5. The molecule has 0 aliphatic carbocycles. The smallest absolute Gasteiger partial charge is 0.144 e. The standard InChI is InChI=1S/C10H16N4O/c11-6-10-12-4-3-9(14-10)13-7-8-2-1-5-15-8/h3-4,8H,1-2,5-7,11H2,(H,12,13,14). The van der Waals surface area contributed by atoms with Crippen LogP contribution in [0.2, 0.25) is 0 Å². The summed E-state index contributed by atoms with van der Waals surface area (Å²) in [6.07, 6.45) is 4.32. The summed E-state index contributed by atoms with van der Waals surface area (Å²) in [5.74, 6) is 1.48. The Bertz CT molecular complexity index is 312. The van der Waals surface area contributed by atoms with Gasteiger partial charge >= 0.3 is 0 Å². The lowest BCUT2D eigenvalue weighted by Crippen LogP contribution is -2.19. The minimum atomic E-state index is 0.321. The van der Waals surface area contributed by atoms with Gasteiger partial charge in [0.15, 0.2) is 0 Å². The Labute approximate surface area is 89.1 Å². The summed E-state index contributed by atoms with van der Waals surface area (Å²) in [7, 11) is 0. The Balaban J connectivity index is 1.86. The quantitative estimate of drug-likeness (QED) is 0.755. The lowest BCUT2D eigenvalue weighted by Gasteiger charge is -2.11. The molecule has 1 aliphatic heterocycles. The van der Waals surface area contributed by atoms with Crippen molar-refractivity contribution in [2.45, 2.75) is 25.5 Å². The molecule has 0 saturated carbocycles. The summed E-state index contributed by atoms with van der Waals surface area (Å²) in [5, 5.41) is 3.23. The largest absolute Gasteiger partial charge is 0.376 e. The molecule has 82 valence electrons. The number of aromatic nitrogens is 2. The van der Waals surface area contributed by atoms with Crippen LogP contribution < -0.4 is 11.1 Å². The summed E-state index contributed by atoms with van der Waals surface area (Å²) in [4.78, 5) is 8.28. The second-order valence-electron chi connectivity index (χ2n) is 3.58. The molecule has 2 heterocycles. The zero-order chi connectivity index (χ0) is 10.5. The first kappa shape index (κ1) is 10.3. The van der Waals surface area contributed by atoms with Crippen molar-refractivity contribution in [3.63, 3.8) is 0 Å². The van der Waals surface area contributed by atoms with Gasteiger partial charge in [-0.15, -0.1) is 0 Å². The minimum Gasteiger partial charge on any atom is -0.376 e. The zero-order valence-corrected chi connectivity index (χ0v) is 8.65. The molecule has 5 heteroatoms. The van der Waals surface area contributed by atoms with Crippen LogP contribution in [-0.2, 0) is 11.3 Å². The van der Waals surface area contributed by atoms with Crippen LogP contribution >= 0.6 is 0 Å². The number of hydrogen-bond donors (Lipinski definition) is 2. The van der Waals surface area contributed by atoms with E-state index in [1.165, 1.54) is 0 Å². The van der Waals surface area contributed by atoms with Gasteiger partial charge in [-0.1, -0.05) is 0 Å². The highest BCUT2D eigenvalue weighted by molar-refractivity contribution is 5.32. The fourth-order valence-corrected chi connectivity index (χ4v) is 1.62. The van der Waals surface area contributed by atoms with Gasteiger partial charge in [0.05, 0.1) is 12.6 Å². The highest BCUT2D eigenvalue weighted by Crippen LogP contribution is 2.12. The van der Waals surface area contributed by atoms with Crippen LogP contribution in [-0.4, -0.2) is 29.2 Å². The van der Waals surface area contributed by atoms with E-state index in [-0.39, 0.29) is 0 Å². The Kier molecular flexibility index (Phi) is 3.47. The van der Waals surface area contributed by atoms with E-state index < -0.39 is 0 Å². The first-order valence-corrected chi connectivity index (χ1v) is 5.26. The molecule has 1 aromatic rings. The number of anilines is 1. The topological polar surface area (TPSA) is 73.1 Å². The summed E-state index contributed by atoms with van der Waals surface area (Å²) in [6.45, 7) is 2.06. The van der Waals surface area contributed by atoms with Gasteiger partial charge in [-0.25, -0.2) is 9.97 Å². The van der Waals surface area contributed by atoms with E-state index in [0.29, 0.717) is 18.5 Å². The Morgan fingerprint density at radius 3 is 3.27 bits per heavy atom. The van der Waals surface area contributed by atoms with Crippen molar-refractivity contribution >= 4 is 5.82 Å². The fourth-order valence-electron chi connectivity index (χ4n) is 1.62. The monoisotopic (exact) mass is 208 g/mol. The van der Waals surface area contributed by atoms with Crippen LogP contribution in [0.1, 0.15) is 18.7 Å². The maximum Gasteiger partial charge on any atom is 0.144 e. The third-order valence-corrected chi connectivity index (χ3v) is 2.42. The predicted octanol–water partition coefficient (Wildman–Crippen LogP) is 0.526. The van der Waals surface area contributed by atoms with Crippen LogP contribution in [0.5, 0.6) is 0 Å². The van der Waals surface area contributed by atoms with E-state index in [0.717, 1.165) is 31.8 Å². The molecule has 1 fully saturated rings. The first-order valence-electron chi connectivity index (χ1n) is 5.26. The highest BCUT2D eigenvalue weighted by atomic mass is 16.5. The third kappa shape index (κ3) is 2.87. The van der Waals surface area contributed by atoms with Gasteiger partial charge in [-0.05, 0) is 18.9 Å². The van der Waals surface area contributed by atoms with E-state index in [9.17, 15) is 0 Å². The molecular weight excluding hydrogens is 192 g/mol. The molecule has 0 bridgehead atoms. The predicted molar refractivity (Wildman–Crippen MR) is 57.4 cm³/mol. The highest BCUT2D eigenvalue weighted by Gasteiger charge is 2.14. The average molecular weight is 208 g/mol.